The summed E-state index contributed by atoms with van der Waals surface area (Å²) in [7, 11) is 0. The quantitative estimate of drug-likeness (QED) is 0.278. The van der Waals surface area contributed by atoms with Crippen LogP contribution in [0, 0.1) is 5.41 Å². The van der Waals surface area contributed by atoms with Gasteiger partial charge in [-0.3, -0.25) is 0 Å². The van der Waals surface area contributed by atoms with Crippen molar-refractivity contribution in [2.75, 3.05) is 0 Å². The standard InChI is InChI=1S/C5H10NO/c1-5(2,3)4-6-7/h7H,1-3H3. The molecule has 0 aromatic carbocycles. The van der Waals surface area contributed by atoms with E-state index in [2.05, 4.69) is 11.4 Å². The lowest BCUT2D eigenvalue weighted by atomic mass is 10.00. The van der Waals surface area contributed by atoms with Gasteiger partial charge in [-0.2, -0.15) is 0 Å². The molecule has 0 unspecified atom stereocenters. The minimum atomic E-state index is -0.116. The fraction of sp³-hybridized carbons (Fsp3) is 0.800. The molecule has 0 fully saturated rings. The van der Waals surface area contributed by atoms with Crippen molar-refractivity contribution in [3.63, 3.8) is 0 Å². The van der Waals surface area contributed by atoms with Crippen LogP contribution in [-0.2, 0) is 0 Å². The minimum Gasteiger partial charge on any atom is -0.411 e. The van der Waals surface area contributed by atoms with Crippen LogP contribution in [-0.4, -0.2) is 11.4 Å². The van der Waals surface area contributed by atoms with Crippen molar-refractivity contribution in [1.29, 1.82) is 0 Å². The van der Waals surface area contributed by atoms with Crippen molar-refractivity contribution < 1.29 is 5.21 Å². The smallest absolute Gasteiger partial charge is 0.110 e. The molecule has 1 N–H and O–H groups in total. The number of hydrogen-bond acceptors (Lipinski definition) is 2. The Balaban J connectivity index is 3.56. The van der Waals surface area contributed by atoms with Crippen molar-refractivity contribution in [3.8, 4) is 0 Å². The first kappa shape index (κ1) is 6.47. The third-order valence-corrected chi connectivity index (χ3v) is 0.385. The zero-order valence-electron chi connectivity index (χ0n) is 4.89. The van der Waals surface area contributed by atoms with E-state index in [0.717, 1.165) is 0 Å². The molecule has 0 heterocycles. The Morgan fingerprint density at radius 3 is 1.86 bits per heavy atom. The average molecular weight is 100 g/mol. The molecule has 0 amide bonds. The Kier molecular flexibility index (Phi) is 1.81. The van der Waals surface area contributed by atoms with Gasteiger partial charge < -0.3 is 5.21 Å². The highest BCUT2D eigenvalue weighted by atomic mass is 16.4. The predicted molar refractivity (Wildman–Crippen MR) is 28.7 cm³/mol. The lowest BCUT2D eigenvalue weighted by Gasteiger charge is -2.05. The number of hydrogen-bond donors (Lipinski definition) is 1. The fourth-order valence-electron chi connectivity index (χ4n) is 0.150. The van der Waals surface area contributed by atoms with Crippen molar-refractivity contribution in [3.05, 3.63) is 0 Å². The predicted octanol–water partition coefficient (Wildman–Crippen LogP) is 1.37. The largest absolute Gasteiger partial charge is 0.411 e. The van der Waals surface area contributed by atoms with Gasteiger partial charge in [0.05, 0.1) is 0 Å². The number of rotatable bonds is 0. The lowest BCUT2D eigenvalue weighted by molar-refractivity contribution is 0.315. The van der Waals surface area contributed by atoms with E-state index < -0.39 is 0 Å². The molecular weight excluding hydrogens is 90.1 g/mol. The summed E-state index contributed by atoms with van der Waals surface area (Å²) in [6.45, 7) is 5.73. The fourth-order valence-corrected chi connectivity index (χ4v) is 0.150. The van der Waals surface area contributed by atoms with Gasteiger partial charge in [-0.15, -0.1) is 0 Å². The Labute approximate surface area is 43.8 Å². The monoisotopic (exact) mass is 100 g/mol. The minimum absolute atomic E-state index is 0.116. The van der Waals surface area contributed by atoms with Crippen LogP contribution in [0.3, 0.4) is 0 Å². The molecular formula is C5H10NO. The second kappa shape index (κ2) is 1.96. The van der Waals surface area contributed by atoms with E-state index in [1.165, 1.54) is 0 Å². The highest BCUT2D eigenvalue weighted by Gasteiger charge is 2.05. The molecule has 0 saturated heterocycles. The first-order valence-corrected chi connectivity index (χ1v) is 2.17. The summed E-state index contributed by atoms with van der Waals surface area (Å²) in [4.78, 5) is 0. The zero-order chi connectivity index (χ0) is 5.91. The molecule has 0 aromatic rings. The van der Waals surface area contributed by atoms with Gasteiger partial charge in [0.25, 0.3) is 0 Å². The molecule has 0 bridgehead atoms. The van der Waals surface area contributed by atoms with Gasteiger partial charge >= 0.3 is 0 Å². The van der Waals surface area contributed by atoms with Gasteiger partial charge in [-0.25, -0.2) is 0 Å². The maximum atomic E-state index is 7.92. The highest BCUT2D eigenvalue weighted by Crippen LogP contribution is 2.07. The van der Waals surface area contributed by atoms with Crippen molar-refractivity contribution in [2.45, 2.75) is 20.8 Å². The van der Waals surface area contributed by atoms with E-state index in [1.54, 1.807) is 0 Å². The molecule has 2 heteroatoms. The van der Waals surface area contributed by atoms with Crippen LogP contribution < -0.4 is 0 Å². The SMILES string of the molecule is CC(C)(C)/[C]=N/O. The van der Waals surface area contributed by atoms with Crippen LogP contribution in [0.2, 0.25) is 0 Å². The molecule has 0 saturated carbocycles. The summed E-state index contributed by atoms with van der Waals surface area (Å²) in [5, 5.41) is 10.7. The topological polar surface area (TPSA) is 32.6 Å². The molecule has 7 heavy (non-hydrogen) atoms. The Bertz CT molecular complexity index is 70.6. The van der Waals surface area contributed by atoms with E-state index >= 15 is 0 Å². The Morgan fingerprint density at radius 2 is 1.86 bits per heavy atom. The van der Waals surface area contributed by atoms with E-state index in [9.17, 15) is 0 Å². The summed E-state index contributed by atoms with van der Waals surface area (Å²) < 4.78 is 0. The summed E-state index contributed by atoms with van der Waals surface area (Å²) in [6, 6.07) is 0. The second-order valence-corrected chi connectivity index (χ2v) is 2.46. The third-order valence-electron chi connectivity index (χ3n) is 0.385. The van der Waals surface area contributed by atoms with Crippen LogP contribution in [0.15, 0.2) is 5.16 Å². The second-order valence-electron chi connectivity index (χ2n) is 2.46. The molecule has 0 aromatic heterocycles. The molecule has 0 rings (SSSR count). The van der Waals surface area contributed by atoms with Gasteiger partial charge in [0.15, 0.2) is 0 Å². The molecule has 1 radical (unpaired) electrons. The van der Waals surface area contributed by atoms with Crippen LogP contribution in [0.5, 0.6) is 0 Å². The summed E-state index contributed by atoms with van der Waals surface area (Å²) in [6.07, 6.45) is 2.47. The summed E-state index contributed by atoms with van der Waals surface area (Å²) in [5.74, 6) is 0. The Morgan fingerprint density at radius 1 is 1.43 bits per heavy atom. The van der Waals surface area contributed by atoms with E-state index in [0.29, 0.717) is 0 Å². The van der Waals surface area contributed by atoms with Gasteiger partial charge in [-0.05, 0) is 0 Å². The molecule has 0 aliphatic heterocycles. The van der Waals surface area contributed by atoms with E-state index in [4.69, 9.17) is 5.21 Å². The maximum absolute atomic E-state index is 7.92. The van der Waals surface area contributed by atoms with Crippen LogP contribution >= 0.6 is 0 Å². The Hall–Kier alpha value is -0.530. The van der Waals surface area contributed by atoms with Gasteiger partial charge in [0.1, 0.15) is 6.21 Å². The molecule has 0 atom stereocenters. The molecule has 2 nitrogen and oxygen atoms in total. The van der Waals surface area contributed by atoms with Crippen LogP contribution in [0.4, 0.5) is 0 Å². The maximum Gasteiger partial charge on any atom is 0.110 e. The van der Waals surface area contributed by atoms with Crippen molar-refractivity contribution >= 4 is 6.21 Å². The van der Waals surface area contributed by atoms with Crippen molar-refractivity contribution in [2.24, 2.45) is 10.6 Å². The third kappa shape index (κ3) is 5.47. The summed E-state index contributed by atoms with van der Waals surface area (Å²) >= 11 is 0. The van der Waals surface area contributed by atoms with E-state index in [-0.39, 0.29) is 5.41 Å². The lowest BCUT2D eigenvalue weighted by Crippen LogP contribution is -2.05. The zero-order valence-corrected chi connectivity index (χ0v) is 4.89. The first-order valence-electron chi connectivity index (χ1n) is 2.17. The van der Waals surface area contributed by atoms with Gasteiger partial charge in [0.2, 0.25) is 0 Å². The van der Waals surface area contributed by atoms with Gasteiger partial charge in [-0.1, -0.05) is 25.9 Å². The average Bonchev–Trinajstić information content (AvgIpc) is 1.30. The van der Waals surface area contributed by atoms with Crippen molar-refractivity contribution in [1.82, 2.24) is 0 Å². The molecule has 41 valence electrons. The normalized spacial score (nSPS) is 13.0. The van der Waals surface area contributed by atoms with Crippen LogP contribution in [0.1, 0.15) is 20.8 Å². The number of nitrogens with zero attached hydrogens (tertiary/aromatic N) is 1. The highest BCUT2D eigenvalue weighted by molar-refractivity contribution is 5.62. The summed E-state index contributed by atoms with van der Waals surface area (Å²) in [5.41, 5.74) is -0.116. The molecule has 0 aliphatic carbocycles. The molecule has 0 aliphatic rings. The van der Waals surface area contributed by atoms with Gasteiger partial charge in [0, 0.05) is 5.41 Å². The van der Waals surface area contributed by atoms with Crippen LogP contribution in [0.25, 0.3) is 0 Å². The van der Waals surface area contributed by atoms with E-state index in [1.807, 2.05) is 20.8 Å². The first-order chi connectivity index (χ1) is 3.06. The molecule has 0 spiro atoms.